The molecule has 0 aliphatic carbocycles. The van der Waals surface area contributed by atoms with E-state index in [9.17, 15) is 13.6 Å². The number of nitrogens with zero attached hydrogens (tertiary/aromatic N) is 2. The molecule has 1 aromatic heterocycles. The van der Waals surface area contributed by atoms with Crippen LogP contribution < -0.4 is 5.32 Å². The molecule has 0 spiro atoms. The number of aromatic nitrogens is 2. The summed E-state index contributed by atoms with van der Waals surface area (Å²) >= 11 is 0. The highest BCUT2D eigenvalue weighted by Crippen LogP contribution is 2.13. The lowest BCUT2D eigenvalue weighted by molar-refractivity contribution is 0.102. The highest BCUT2D eigenvalue weighted by molar-refractivity contribution is 6.02. The summed E-state index contributed by atoms with van der Waals surface area (Å²) in [5.41, 5.74) is 0.247. The first kappa shape index (κ1) is 11.1. The molecule has 0 aliphatic rings. The number of hydrogen-bond acceptors (Lipinski definition) is 3. The van der Waals surface area contributed by atoms with Crippen molar-refractivity contribution >= 4 is 11.6 Å². The third-order valence-electron chi connectivity index (χ3n) is 1.98. The lowest BCUT2D eigenvalue weighted by Gasteiger charge is -2.04. The molecule has 0 saturated carbocycles. The van der Waals surface area contributed by atoms with Gasteiger partial charge in [-0.25, -0.2) is 8.78 Å². The molecule has 1 aromatic carbocycles. The zero-order valence-electron chi connectivity index (χ0n) is 8.52. The number of nitrogens with one attached hydrogen (secondary N) is 1. The molecule has 0 radical (unpaired) electrons. The largest absolute Gasteiger partial charge is 0.320 e. The van der Waals surface area contributed by atoms with E-state index in [4.69, 9.17) is 0 Å². The third kappa shape index (κ3) is 2.60. The SMILES string of the molecule is O=C(Nc1ccc(F)c(F)c1)c1cccnn1. The molecule has 4 nitrogen and oxygen atoms in total. The molecule has 6 heteroatoms. The first-order chi connectivity index (χ1) is 8.16. The van der Waals surface area contributed by atoms with Crippen molar-refractivity contribution < 1.29 is 13.6 Å². The minimum Gasteiger partial charge on any atom is -0.320 e. The fraction of sp³-hybridized carbons (Fsp3) is 0. The summed E-state index contributed by atoms with van der Waals surface area (Å²) < 4.78 is 25.5. The van der Waals surface area contributed by atoms with Crippen LogP contribution in [0.1, 0.15) is 10.5 Å². The second-order valence-electron chi connectivity index (χ2n) is 3.19. The van der Waals surface area contributed by atoms with E-state index >= 15 is 0 Å². The Hall–Kier alpha value is -2.37. The second-order valence-corrected chi connectivity index (χ2v) is 3.19. The molecule has 0 saturated heterocycles. The van der Waals surface area contributed by atoms with Gasteiger partial charge in [-0.05, 0) is 24.3 Å². The first-order valence-corrected chi connectivity index (χ1v) is 4.71. The van der Waals surface area contributed by atoms with Crippen molar-refractivity contribution in [3.05, 3.63) is 53.9 Å². The Morgan fingerprint density at radius 2 is 2.00 bits per heavy atom. The summed E-state index contributed by atoms with van der Waals surface area (Å²) in [6.45, 7) is 0. The van der Waals surface area contributed by atoms with Gasteiger partial charge in [-0.3, -0.25) is 4.79 Å². The predicted molar refractivity (Wildman–Crippen MR) is 56.3 cm³/mol. The number of hydrogen-bond donors (Lipinski definition) is 1. The maximum Gasteiger partial charge on any atom is 0.276 e. The van der Waals surface area contributed by atoms with Crippen LogP contribution in [0.4, 0.5) is 14.5 Å². The number of carbonyl (C=O) groups excluding carboxylic acids is 1. The van der Waals surface area contributed by atoms with E-state index in [-0.39, 0.29) is 11.4 Å². The van der Waals surface area contributed by atoms with Crippen molar-refractivity contribution in [3.8, 4) is 0 Å². The lowest BCUT2D eigenvalue weighted by atomic mass is 10.3. The van der Waals surface area contributed by atoms with Gasteiger partial charge in [0.25, 0.3) is 5.91 Å². The molecule has 0 unspecified atom stereocenters. The van der Waals surface area contributed by atoms with Gasteiger partial charge in [-0.1, -0.05) is 0 Å². The molecular weight excluding hydrogens is 228 g/mol. The number of amides is 1. The predicted octanol–water partition coefficient (Wildman–Crippen LogP) is 2.01. The van der Waals surface area contributed by atoms with Gasteiger partial charge >= 0.3 is 0 Å². The van der Waals surface area contributed by atoms with Crippen molar-refractivity contribution in [3.63, 3.8) is 0 Å². The van der Waals surface area contributed by atoms with Gasteiger partial charge in [0.05, 0.1) is 0 Å². The quantitative estimate of drug-likeness (QED) is 0.866. The molecule has 1 amide bonds. The number of carbonyl (C=O) groups is 1. The van der Waals surface area contributed by atoms with E-state index < -0.39 is 17.5 Å². The van der Waals surface area contributed by atoms with Crippen LogP contribution in [0, 0.1) is 11.6 Å². The fourth-order valence-corrected chi connectivity index (χ4v) is 1.19. The van der Waals surface area contributed by atoms with E-state index in [1.54, 1.807) is 6.07 Å². The Morgan fingerprint density at radius 3 is 2.65 bits per heavy atom. The van der Waals surface area contributed by atoms with Crippen molar-refractivity contribution in [1.82, 2.24) is 10.2 Å². The van der Waals surface area contributed by atoms with E-state index in [1.165, 1.54) is 18.3 Å². The van der Waals surface area contributed by atoms with E-state index in [1.807, 2.05) is 0 Å². The van der Waals surface area contributed by atoms with Crippen LogP contribution in [-0.4, -0.2) is 16.1 Å². The van der Waals surface area contributed by atoms with E-state index in [0.717, 1.165) is 12.1 Å². The summed E-state index contributed by atoms with van der Waals surface area (Å²) in [6, 6.07) is 6.09. The number of rotatable bonds is 2. The van der Waals surface area contributed by atoms with Gasteiger partial charge in [-0.2, -0.15) is 5.10 Å². The van der Waals surface area contributed by atoms with Gasteiger partial charge in [-0.15, -0.1) is 5.10 Å². The van der Waals surface area contributed by atoms with Crippen LogP contribution in [0.25, 0.3) is 0 Å². The van der Waals surface area contributed by atoms with Gasteiger partial charge in [0.1, 0.15) is 0 Å². The molecular formula is C11H7F2N3O. The molecule has 0 atom stereocenters. The fourth-order valence-electron chi connectivity index (χ4n) is 1.19. The Labute approximate surface area is 95.3 Å². The van der Waals surface area contributed by atoms with Crippen molar-refractivity contribution in [2.75, 3.05) is 5.32 Å². The smallest absolute Gasteiger partial charge is 0.276 e. The second kappa shape index (κ2) is 4.65. The van der Waals surface area contributed by atoms with Gasteiger partial charge < -0.3 is 5.32 Å². The highest BCUT2D eigenvalue weighted by atomic mass is 19.2. The van der Waals surface area contributed by atoms with Crippen LogP contribution in [0.3, 0.4) is 0 Å². The average molecular weight is 235 g/mol. The summed E-state index contributed by atoms with van der Waals surface area (Å²) in [7, 11) is 0. The Kier molecular flexibility index (Phi) is 3.04. The van der Waals surface area contributed by atoms with Crippen molar-refractivity contribution in [2.45, 2.75) is 0 Å². The van der Waals surface area contributed by atoms with Crippen LogP contribution in [0.2, 0.25) is 0 Å². The maximum atomic E-state index is 12.9. The maximum absolute atomic E-state index is 12.9. The molecule has 17 heavy (non-hydrogen) atoms. The standard InChI is InChI=1S/C11H7F2N3O/c12-8-4-3-7(6-9(8)13)15-11(17)10-2-1-5-14-16-10/h1-6H,(H,15,17). The normalized spacial score (nSPS) is 10.0. The van der Waals surface area contributed by atoms with Crippen molar-refractivity contribution in [1.29, 1.82) is 0 Å². The molecule has 86 valence electrons. The zero-order valence-corrected chi connectivity index (χ0v) is 8.52. The van der Waals surface area contributed by atoms with Gasteiger partial charge in [0, 0.05) is 18.0 Å². The molecule has 0 bridgehead atoms. The Balaban J connectivity index is 2.16. The number of anilines is 1. The molecule has 0 aliphatic heterocycles. The molecule has 2 rings (SSSR count). The van der Waals surface area contributed by atoms with Crippen LogP contribution in [0.5, 0.6) is 0 Å². The summed E-state index contributed by atoms with van der Waals surface area (Å²) in [5.74, 6) is -2.53. The van der Waals surface area contributed by atoms with Crippen LogP contribution >= 0.6 is 0 Å². The highest BCUT2D eigenvalue weighted by Gasteiger charge is 2.09. The Bertz CT molecular complexity index is 546. The number of halogens is 2. The summed E-state index contributed by atoms with van der Waals surface area (Å²) in [6.07, 6.45) is 1.42. The minimum atomic E-state index is -1.03. The summed E-state index contributed by atoms with van der Waals surface area (Å²) in [4.78, 5) is 11.6. The van der Waals surface area contributed by atoms with Crippen LogP contribution in [-0.2, 0) is 0 Å². The topological polar surface area (TPSA) is 54.9 Å². The van der Waals surface area contributed by atoms with Gasteiger partial charge in [0.15, 0.2) is 17.3 Å². The Morgan fingerprint density at radius 1 is 1.18 bits per heavy atom. The van der Waals surface area contributed by atoms with Gasteiger partial charge in [0.2, 0.25) is 0 Å². The molecule has 1 heterocycles. The molecule has 0 fully saturated rings. The third-order valence-corrected chi connectivity index (χ3v) is 1.98. The zero-order chi connectivity index (χ0) is 12.3. The lowest BCUT2D eigenvalue weighted by Crippen LogP contribution is -2.14. The van der Waals surface area contributed by atoms with E-state index in [0.29, 0.717) is 0 Å². The monoisotopic (exact) mass is 235 g/mol. The number of benzene rings is 1. The van der Waals surface area contributed by atoms with Crippen molar-refractivity contribution in [2.24, 2.45) is 0 Å². The molecule has 1 N–H and O–H groups in total. The minimum absolute atomic E-state index is 0.0947. The van der Waals surface area contributed by atoms with E-state index in [2.05, 4.69) is 15.5 Å². The molecule has 2 aromatic rings. The first-order valence-electron chi connectivity index (χ1n) is 4.71. The van der Waals surface area contributed by atoms with Crippen LogP contribution in [0.15, 0.2) is 36.5 Å². The summed E-state index contributed by atoms with van der Waals surface area (Å²) in [5, 5.41) is 9.50. The average Bonchev–Trinajstić information content (AvgIpc) is 2.35.